The Morgan fingerprint density at radius 1 is 1.29 bits per heavy atom. The van der Waals surface area contributed by atoms with Crippen LogP contribution in [0, 0.1) is 5.92 Å². The highest BCUT2D eigenvalue weighted by Gasteiger charge is 2.15. The van der Waals surface area contributed by atoms with E-state index in [1.807, 2.05) is 31.2 Å². The molecule has 1 unspecified atom stereocenters. The number of hydrogen-bond acceptors (Lipinski definition) is 2. The third-order valence-electron chi connectivity index (χ3n) is 2.93. The van der Waals surface area contributed by atoms with Gasteiger partial charge in [-0.2, -0.15) is 0 Å². The molecule has 0 saturated carbocycles. The Morgan fingerprint density at radius 2 is 1.94 bits per heavy atom. The van der Waals surface area contributed by atoms with E-state index < -0.39 is 5.97 Å². The van der Waals surface area contributed by atoms with Gasteiger partial charge in [-0.15, -0.1) is 0 Å². The van der Waals surface area contributed by atoms with E-state index in [4.69, 9.17) is 9.84 Å². The van der Waals surface area contributed by atoms with Gasteiger partial charge < -0.3 is 9.84 Å². The van der Waals surface area contributed by atoms with E-state index in [0.717, 1.165) is 30.6 Å². The molecule has 0 saturated heterocycles. The molecule has 0 bridgehead atoms. The van der Waals surface area contributed by atoms with Crippen molar-refractivity contribution in [1.82, 2.24) is 0 Å². The lowest BCUT2D eigenvalue weighted by molar-refractivity contribution is -0.142. The predicted molar refractivity (Wildman–Crippen MR) is 67.3 cm³/mol. The Morgan fingerprint density at radius 3 is 2.41 bits per heavy atom. The van der Waals surface area contributed by atoms with Crippen LogP contribution < -0.4 is 4.74 Å². The summed E-state index contributed by atoms with van der Waals surface area (Å²) in [6.07, 6.45) is 3.18. The average molecular weight is 236 g/mol. The van der Waals surface area contributed by atoms with Gasteiger partial charge in [-0.05, 0) is 37.0 Å². The molecule has 3 heteroatoms. The second-order valence-electron chi connectivity index (χ2n) is 4.21. The molecule has 0 aliphatic heterocycles. The van der Waals surface area contributed by atoms with E-state index in [0.29, 0.717) is 6.42 Å². The Bertz CT molecular complexity index is 343. The van der Waals surface area contributed by atoms with Gasteiger partial charge in [-0.1, -0.05) is 25.5 Å². The van der Waals surface area contributed by atoms with Crippen LogP contribution in [0.2, 0.25) is 0 Å². The summed E-state index contributed by atoms with van der Waals surface area (Å²) in [6, 6.07) is 7.79. The second-order valence-corrected chi connectivity index (χ2v) is 4.21. The molecule has 0 spiro atoms. The zero-order valence-corrected chi connectivity index (χ0v) is 10.5. The smallest absolute Gasteiger partial charge is 0.306 e. The first kappa shape index (κ1) is 13.6. The lowest BCUT2D eigenvalue weighted by atomic mass is 9.95. The first-order valence-electron chi connectivity index (χ1n) is 6.03. The molecule has 1 rings (SSSR count). The number of methoxy groups -OCH3 is 1. The summed E-state index contributed by atoms with van der Waals surface area (Å²) < 4.78 is 5.08. The van der Waals surface area contributed by atoms with Crippen molar-refractivity contribution in [2.75, 3.05) is 7.11 Å². The number of hydrogen-bond donors (Lipinski definition) is 1. The summed E-state index contributed by atoms with van der Waals surface area (Å²) in [5, 5.41) is 9.04. The van der Waals surface area contributed by atoms with Crippen LogP contribution in [-0.4, -0.2) is 18.2 Å². The Kier molecular flexibility index (Phi) is 5.53. The van der Waals surface area contributed by atoms with E-state index in [2.05, 4.69) is 0 Å². The second kappa shape index (κ2) is 6.94. The molecule has 0 aliphatic carbocycles. The molecule has 3 nitrogen and oxygen atoms in total. The first-order valence-corrected chi connectivity index (χ1v) is 6.03. The highest BCUT2D eigenvalue weighted by atomic mass is 16.5. The minimum atomic E-state index is -0.680. The minimum absolute atomic E-state index is 0.220. The summed E-state index contributed by atoms with van der Waals surface area (Å²) in [7, 11) is 1.64. The van der Waals surface area contributed by atoms with Gasteiger partial charge >= 0.3 is 5.97 Å². The lowest BCUT2D eigenvalue weighted by Gasteiger charge is -2.11. The third-order valence-corrected chi connectivity index (χ3v) is 2.93. The number of aryl methyl sites for hydroxylation is 1. The predicted octanol–water partition coefficient (Wildman–Crippen LogP) is 3.13. The molecule has 0 aromatic heterocycles. The largest absolute Gasteiger partial charge is 0.497 e. The Labute approximate surface area is 102 Å². The van der Waals surface area contributed by atoms with Crippen LogP contribution in [0.1, 0.15) is 31.7 Å². The molecule has 0 radical (unpaired) electrons. The van der Waals surface area contributed by atoms with Gasteiger partial charge in [0.25, 0.3) is 0 Å². The van der Waals surface area contributed by atoms with E-state index in [1.54, 1.807) is 7.11 Å². The van der Waals surface area contributed by atoms with Gasteiger partial charge in [0.2, 0.25) is 0 Å². The fourth-order valence-electron chi connectivity index (χ4n) is 1.87. The lowest BCUT2D eigenvalue weighted by Crippen LogP contribution is -2.14. The molecule has 17 heavy (non-hydrogen) atoms. The van der Waals surface area contributed by atoms with Gasteiger partial charge in [0.1, 0.15) is 5.75 Å². The standard InChI is InChI=1S/C14H20O3/c1-3-4-12(14(15)16)8-5-11-6-9-13(17-2)10-7-11/h6-7,9-10,12H,3-5,8H2,1-2H3,(H,15,16). The highest BCUT2D eigenvalue weighted by molar-refractivity contribution is 5.69. The van der Waals surface area contributed by atoms with Crippen molar-refractivity contribution >= 4 is 5.97 Å². The molecular formula is C14H20O3. The minimum Gasteiger partial charge on any atom is -0.497 e. The first-order chi connectivity index (χ1) is 8.17. The van der Waals surface area contributed by atoms with E-state index in [-0.39, 0.29) is 5.92 Å². The normalized spacial score (nSPS) is 12.1. The number of benzene rings is 1. The number of ether oxygens (including phenoxy) is 1. The van der Waals surface area contributed by atoms with Crippen molar-refractivity contribution < 1.29 is 14.6 Å². The molecule has 1 aromatic rings. The number of carbonyl (C=O) groups is 1. The zero-order valence-electron chi connectivity index (χ0n) is 10.5. The van der Waals surface area contributed by atoms with Crippen molar-refractivity contribution in [3.63, 3.8) is 0 Å². The summed E-state index contributed by atoms with van der Waals surface area (Å²) >= 11 is 0. The third kappa shape index (κ3) is 4.47. The van der Waals surface area contributed by atoms with Crippen molar-refractivity contribution in [3.05, 3.63) is 29.8 Å². The van der Waals surface area contributed by atoms with Crippen molar-refractivity contribution in [2.24, 2.45) is 5.92 Å². The van der Waals surface area contributed by atoms with Gasteiger partial charge in [0, 0.05) is 0 Å². The summed E-state index contributed by atoms with van der Waals surface area (Å²) in [6.45, 7) is 2.02. The van der Waals surface area contributed by atoms with Crippen LogP contribution >= 0.6 is 0 Å². The Balaban J connectivity index is 2.50. The number of carboxylic acids is 1. The molecule has 0 amide bonds. The molecule has 1 atom stereocenters. The molecular weight excluding hydrogens is 216 g/mol. The van der Waals surface area contributed by atoms with Crippen LogP contribution in [-0.2, 0) is 11.2 Å². The van der Waals surface area contributed by atoms with Gasteiger partial charge in [-0.25, -0.2) is 0 Å². The maximum absolute atomic E-state index is 11.0. The fourth-order valence-corrected chi connectivity index (χ4v) is 1.87. The van der Waals surface area contributed by atoms with Crippen LogP contribution in [0.25, 0.3) is 0 Å². The average Bonchev–Trinajstić information content (AvgIpc) is 2.34. The van der Waals surface area contributed by atoms with Gasteiger partial charge in [0.15, 0.2) is 0 Å². The van der Waals surface area contributed by atoms with Gasteiger partial charge in [-0.3, -0.25) is 4.79 Å². The Hall–Kier alpha value is -1.51. The summed E-state index contributed by atoms with van der Waals surface area (Å²) in [5.41, 5.74) is 1.16. The molecule has 0 heterocycles. The highest BCUT2D eigenvalue weighted by Crippen LogP contribution is 2.17. The summed E-state index contributed by atoms with van der Waals surface area (Å²) in [5.74, 6) is -0.0699. The van der Waals surface area contributed by atoms with Crippen LogP contribution in [0.3, 0.4) is 0 Å². The number of carboxylic acid groups (broad SMARTS) is 1. The van der Waals surface area contributed by atoms with Gasteiger partial charge in [0.05, 0.1) is 13.0 Å². The topological polar surface area (TPSA) is 46.5 Å². The van der Waals surface area contributed by atoms with Crippen LogP contribution in [0.5, 0.6) is 5.75 Å². The summed E-state index contributed by atoms with van der Waals surface area (Å²) in [4.78, 5) is 11.0. The fraction of sp³-hybridized carbons (Fsp3) is 0.500. The molecule has 0 fully saturated rings. The molecule has 94 valence electrons. The monoisotopic (exact) mass is 236 g/mol. The van der Waals surface area contributed by atoms with Crippen LogP contribution in [0.15, 0.2) is 24.3 Å². The SMILES string of the molecule is CCCC(CCc1ccc(OC)cc1)C(=O)O. The van der Waals surface area contributed by atoms with Crippen molar-refractivity contribution in [1.29, 1.82) is 0 Å². The quantitative estimate of drug-likeness (QED) is 0.791. The molecule has 1 N–H and O–H groups in total. The van der Waals surface area contributed by atoms with E-state index >= 15 is 0 Å². The van der Waals surface area contributed by atoms with E-state index in [9.17, 15) is 4.79 Å². The zero-order chi connectivity index (χ0) is 12.7. The maximum Gasteiger partial charge on any atom is 0.306 e. The van der Waals surface area contributed by atoms with Crippen LogP contribution in [0.4, 0.5) is 0 Å². The molecule has 0 aliphatic rings. The maximum atomic E-state index is 11.0. The van der Waals surface area contributed by atoms with E-state index in [1.165, 1.54) is 0 Å². The molecule has 1 aromatic carbocycles. The van der Waals surface area contributed by atoms with Crippen molar-refractivity contribution in [2.45, 2.75) is 32.6 Å². The number of aliphatic carboxylic acids is 1. The van der Waals surface area contributed by atoms with Crippen molar-refractivity contribution in [3.8, 4) is 5.75 Å². The number of rotatable bonds is 7.